The van der Waals surface area contributed by atoms with Crippen LogP contribution >= 0.6 is 24.0 Å². The van der Waals surface area contributed by atoms with Gasteiger partial charge in [-0.1, -0.05) is 33.1 Å². The summed E-state index contributed by atoms with van der Waals surface area (Å²) in [5.41, 5.74) is 0. The van der Waals surface area contributed by atoms with Crippen LogP contribution in [0.1, 0.15) is 58.8 Å². The molecule has 0 aromatic carbocycles. The van der Waals surface area contributed by atoms with Crippen molar-refractivity contribution in [2.75, 3.05) is 26.7 Å². The fraction of sp³-hybridized carbons (Fsp3) is 0.882. The summed E-state index contributed by atoms with van der Waals surface area (Å²) in [6.07, 6.45) is 8.16. The molecule has 1 aliphatic carbocycles. The summed E-state index contributed by atoms with van der Waals surface area (Å²) in [5.74, 6) is 2.02. The standard InChI is InChI=1S/C17H34N4O.HI/c1-14(2)8-7-11-20-17(18-3)21-13-12-19-16(22)15-9-5-4-6-10-15;/h14-15H,4-13H2,1-3H3,(H,19,22)(H2,18,20,21);1H. The molecule has 0 aromatic rings. The van der Waals surface area contributed by atoms with Gasteiger partial charge in [0.25, 0.3) is 0 Å². The van der Waals surface area contributed by atoms with E-state index in [9.17, 15) is 4.79 Å². The minimum absolute atomic E-state index is 0. The molecule has 136 valence electrons. The Morgan fingerprint density at radius 3 is 2.26 bits per heavy atom. The number of nitrogens with one attached hydrogen (secondary N) is 3. The second-order valence-corrected chi connectivity index (χ2v) is 6.59. The highest BCUT2D eigenvalue weighted by Gasteiger charge is 2.20. The summed E-state index contributed by atoms with van der Waals surface area (Å²) >= 11 is 0. The van der Waals surface area contributed by atoms with E-state index in [1.807, 2.05) is 0 Å². The minimum Gasteiger partial charge on any atom is -0.356 e. The third-order valence-corrected chi connectivity index (χ3v) is 4.17. The van der Waals surface area contributed by atoms with E-state index < -0.39 is 0 Å². The van der Waals surface area contributed by atoms with Gasteiger partial charge < -0.3 is 16.0 Å². The summed E-state index contributed by atoms with van der Waals surface area (Å²) in [5, 5.41) is 9.57. The molecule has 0 heterocycles. The normalized spacial score (nSPS) is 15.9. The first-order valence-corrected chi connectivity index (χ1v) is 8.85. The molecule has 0 atom stereocenters. The molecule has 3 N–H and O–H groups in total. The fourth-order valence-electron chi connectivity index (χ4n) is 2.81. The first kappa shape index (κ1) is 22.5. The number of carbonyl (C=O) groups is 1. The van der Waals surface area contributed by atoms with E-state index in [-0.39, 0.29) is 35.8 Å². The molecular weight excluding hydrogens is 403 g/mol. The number of aliphatic imine (C=N–C) groups is 1. The molecule has 0 radical (unpaired) electrons. The molecule has 5 nitrogen and oxygen atoms in total. The van der Waals surface area contributed by atoms with Gasteiger partial charge in [0.05, 0.1) is 0 Å². The zero-order valence-electron chi connectivity index (χ0n) is 15.0. The van der Waals surface area contributed by atoms with Gasteiger partial charge in [-0.05, 0) is 31.6 Å². The smallest absolute Gasteiger partial charge is 0.223 e. The van der Waals surface area contributed by atoms with E-state index in [0.717, 1.165) is 37.7 Å². The van der Waals surface area contributed by atoms with Crippen molar-refractivity contribution in [3.63, 3.8) is 0 Å². The quantitative estimate of drug-likeness (QED) is 0.236. The number of rotatable bonds is 8. The van der Waals surface area contributed by atoms with Crippen molar-refractivity contribution in [3.05, 3.63) is 0 Å². The van der Waals surface area contributed by atoms with Crippen molar-refractivity contribution in [1.82, 2.24) is 16.0 Å². The van der Waals surface area contributed by atoms with Crippen LogP contribution in [-0.4, -0.2) is 38.5 Å². The van der Waals surface area contributed by atoms with Gasteiger partial charge in [0.2, 0.25) is 5.91 Å². The van der Waals surface area contributed by atoms with Crippen LogP contribution in [0.5, 0.6) is 0 Å². The average molecular weight is 438 g/mol. The van der Waals surface area contributed by atoms with Crippen LogP contribution in [0.4, 0.5) is 0 Å². The third kappa shape index (κ3) is 10.8. The highest BCUT2D eigenvalue weighted by molar-refractivity contribution is 14.0. The maximum atomic E-state index is 12.0. The van der Waals surface area contributed by atoms with E-state index in [1.165, 1.54) is 25.7 Å². The molecule has 1 saturated carbocycles. The Hall–Kier alpha value is -0.530. The number of guanidine groups is 1. The van der Waals surface area contributed by atoms with Gasteiger partial charge in [-0.2, -0.15) is 0 Å². The maximum Gasteiger partial charge on any atom is 0.223 e. The molecule has 1 fully saturated rings. The van der Waals surface area contributed by atoms with Gasteiger partial charge in [-0.25, -0.2) is 0 Å². The van der Waals surface area contributed by atoms with E-state index in [4.69, 9.17) is 0 Å². The lowest BCUT2D eigenvalue weighted by molar-refractivity contribution is -0.125. The van der Waals surface area contributed by atoms with Crippen molar-refractivity contribution in [2.24, 2.45) is 16.8 Å². The minimum atomic E-state index is 0. The summed E-state index contributed by atoms with van der Waals surface area (Å²) in [7, 11) is 1.78. The predicted molar refractivity (Wildman–Crippen MR) is 108 cm³/mol. The second-order valence-electron chi connectivity index (χ2n) is 6.59. The SMILES string of the molecule is CN=C(NCCCC(C)C)NCCNC(=O)C1CCCCC1.I. The predicted octanol–water partition coefficient (Wildman–Crippen LogP) is 2.90. The zero-order chi connectivity index (χ0) is 16.2. The average Bonchev–Trinajstić information content (AvgIpc) is 2.53. The molecule has 0 unspecified atom stereocenters. The van der Waals surface area contributed by atoms with Crippen LogP contribution < -0.4 is 16.0 Å². The van der Waals surface area contributed by atoms with Crippen molar-refractivity contribution in [1.29, 1.82) is 0 Å². The van der Waals surface area contributed by atoms with Crippen molar-refractivity contribution in [2.45, 2.75) is 58.8 Å². The van der Waals surface area contributed by atoms with Crippen LogP contribution in [0.15, 0.2) is 4.99 Å². The summed E-state index contributed by atoms with van der Waals surface area (Å²) < 4.78 is 0. The Morgan fingerprint density at radius 2 is 1.65 bits per heavy atom. The van der Waals surface area contributed by atoms with Gasteiger partial charge in [0.1, 0.15) is 0 Å². The lowest BCUT2D eigenvalue weighted by atomic mass is 9.89. The highest BCUT2D eigenvalue weighted by Crippen LogP contribution is 2.23. The van der Waals surface area contributed by atoms with Gasteiger partial charge >= 0.3 is 0 Å². The molecule has 1 aliphatic rings. The van der Waals surface area contributed by atoms with Crippen molar-refractivity contribution < 1.29 is 4.79 Å². The molecule has 0 aliphatic heterocycles. The maximum absolute atomic E-state index is 12.0. The van der Waals surface area contributed by atoms with E-state index in [1.54, 1.807) is 7.05 Å². The highest BCUT2D eigenvalue weighted by atomic mass is 127. The number of hydrogen-bond donors (Lipinski definition) is 3. The number of halogens is 1. The van der Waals surface area contributed by atoms with Crippen molar-refractivity contribution in [3.8, 4) is 0 Å². The Bertz CT molecular complexity index is 341. The lowest BCUT2D eigenvalue weighted by Crippen LogP contribution is -2.42. The molecule has 1 rings (SSSR count). The van der Waals surface area contributed by atoms with Crippen LogP contribution in [0.25, 0.3) is 0 Å². The van der Waals surface area contributed by atoms with Crippen LogP contribution in [0.3, 0.4) is 0 Å². The summed E-state index contributed by atoms with van der Waals surface area (Å²) in [6.45, 7) is 6.78. The summed E-state index contributed by atoms with van der Waals surface area (Å²) in [4.78, 5) is 16.2. The first-order valence-electron chi connectivity index (χ1n) is 8.85. The molecule has 1 amide bonds. The van der Waals surface area contributed by atoms with Crippen LogP contribution in [0.2, 0.25) is 0 Å². The topological polar surface area (TPSA) is 65.5 Å². The third-order valence-electron chi connectivity index (χ3n) is 4.17. The summed E-state index contributed by atoms with van der Waals surface area (Å²) in [6, 6.07) is 0. The second kappa shape index (κ2) is 13.9. The Kier molecular flexibility index (Phi) is 13.5. The van der Waals surface area contributed by atoms with Gasteiger partial charge in [-0.3, -0.25) is 9.79 Å². The lowest BCUT2D eigenvalue weighted by Gasteiger charge is -2.21. The molecule has 0 saturated heterocycles. The zero-order valence-corrected chi connectivity index (χ0v) is 17.3. The number of carbonyl (C=O) groups excluding carboxylic acids is 1. The van der Waals surface area contributed by atoms with Crippen LogP contribution in [0, 0.1) is 11.8 Å². The number of nitrogens with zero attached hydrogens (tertiary/aromatic N) is 1. The number of hydrogen-bond acceptors (Lipinski definition) is 2. The molecule has 0 spiro atoms. The molecular formula is C17H35IN4O. The van der Waals surface area contributed by atoms with Crippen molar-refractivity contribution >= 4 is 35.8 Å². The molecule has 0 aromatic heterocycles. The van der Waals surface area contributed by atoms with Gasteiger partial charge in [0, 0.05) is 32.6 Å². The van der Waals surface area contributed by atoms with Gasteiger partial charge in [0.15, 0.2) is 5.96 Å². The first-order chi connectivity index (χ1) is 10.6. The Labute approximate surface area is 158 Å². The molecule has 23 heavy (non-hydrogen) atoms. The number of amides is 1. The van der Waals surface area contributed by atoms with Gasteiger partial charge in [-0.15, -0.1) is 24.0 Å². The van der Waals surface area contributed by atoms with E-state index in [2.05, 4.69) is 34.8 Å². The Balaban J connectivity index is 0.00000484. The largest absolute Gasteiger partial charge is 0.356 e. The fourth-order valence-corrected chi connectivity index (χ4v) is 2.81. The monoisotopic (exact) mass is 438 g/mol. The van der Waals surface area contributed by atoms with Crippen LogP contribution in [-0.2, 0) is 4.79 Å². The van der Waals surface area contributed by atoms with E-state index in [0.29, 0.717) is 13.1 Å². The van der Waals surface area contributed by atoms with E-state index >= 15 is 0 Å². The molecule has 0 bridgehead atoms. The Morgan fingerprint density at radius 1 is 1.04 bits per heavy atom. The molecule has 6 heteroatoms.